The van der Waals surface area contributed by atoms with Gasteiger partial charge in [0.15, 0.2) is 5.82 Å². The standard InChI is InChI=1S/C14H12N2O2S/c1-9-4-2-6-11(13(9)17)14-15-12(16-18-14)8-10-5-3-7-19-10/h2-7,17H,8H2,1H3. The van der Waals surface area contributed by atoms with Gasteiger partial charge in [-0.1, -0.05) is 23.4 Å². The number of nitrogens with zero attached hydrogens (tertiary/aromatic N) is 2. The van der Waals surface area contributed by atoms with E-state index in [0.717, 1.165) is 5.56 Å². The number of phenolic OH excluding ortho intramolecular Hbond substituents is 1. The first-order valence-electron chi connectivity index (χ1n) is 5.88. The molecule has 3 rings (SSSR count). The summed E-state index contributed by atoms with van der Waals surface area (Å²) >= 11 is 1.66. The molecule has 1 N–H and O–H groups in total. The Hall–Kier alpha value is -2.14. The third kappa shape index (κ3) is 2.37. The average molecular weight is 272 g/mol. The molecule has 1 aromatic carbocycles. The van der Waals surface area contributed by atoms with Crippen LogP contribution in [0.4, 0.5) is 0 Å². The van der Waals surface area contributed by atoms with Gasteiger partial charge in [-0.15, -0.1) is 11.3 Å². The van der Waals surface area contributed by atoms with E-state index < -0.39 is 0 Å². The fourth-order valence-corrected chi connectivity index (χ4v) is 2.54. The van der Waals surface area contributed by atoms with Crippen LogP contribution in [0.3, 0.4) is 0 Å². The minimum absolute atomic E-state index is 0.189. The Morgan fingerprint density at radius 3 is 2.95 bits per heavy atom. The second-order valence-electron chi connectivity index (χ2n) is 4.24. The zero-order valence-corrected chi connectivity index (χ0v) is 11.1. The summed E-state index contributed by atoms with van der Waals surface area (Å²) in [5.41, 5.74) is 1.36. The molecule has 0 fully saturated rings. The van der Waals surface area contributed by atoms with Gasteiger partial charge in [-0.3, -0.25) is 0 Å². The lowest BCUT2D eigenvalue weighted by molar-refractivity contribution is 0.418. The number of hydrogen-bond donors (Lipinski definition) is 1. The maximum atomic E-state index is 9.99. The van der Waals surface area contributed by atoms with Gasteiger partial charge >= 0.3 is 0 Å². The molecular formula is C14H12N2O2S. The Balaban J connectivity index is 1.91. The number of benzene rings is 1. The normalized spacial score (nSPS) is 10.8. The molecule has 0 spiro atoms. The first kappa shape index (κ1) is 11.9. The van der Waals surface area contributed by atoms with Gasteiger partial charge in [0.05, 0.1) is 5.56 Å². The quantitative estimate of drug-likeness (QED) is 0.793. The molecule has 96 valence electrons. The molecule has 3 aromatic rings. The summed E-state index contributed by atoms with van der Waals surface area (Å²) in [5.74, 6) is 1.17. The maximum Gasteiger partial charge on any atom is 0.261 e. The molecule has 19 heavy (non-hydrogen) atoms. The van der Waals surface area contributed by atoms with Crippen LogP contribution in [-0.2, 0) is 6.42 Å². The van der Waals surface area contributed by atoms with Crippen LogP contribution in [0.1, 0.15) is 16.3 Å². The lowest BCUT2D eigenvalue weighted by atomic mass is 10.1. The molecule has 0 bridgehead atoms. The Morgan fingerprint density at radius 1 is 1.26 bits per heavy atom. The van der Waals surface area contributed by atoms with Crippen molar-refractivity contribution < 1.29 is 9.63 Å². The van der Waals surface area contributed by atoms with Crippen molar-refractivity contribution in [3.05, 3.63) is 52.0 Å². The van der Waals surface area contributed by atoms with E-state index in [4.69, 9.17) is 4.52 Å². The van der Waals surface area contributed by atoms with E-state index in [2.05, 4.69) is 10.1 Å². The molecule has 0 aliphatic carbocycles. The first-order valence-corrected chi connectivity index (χ1v) is 6.76. The van der Waals surface area contributed by atoms with Crippen LogP contribution in [0.2, 0.25) is 0 Å². The molecular weight excluding hydrogens is 260 g/mol. The van der Waals surface area contributed by atoms with Gasteiger partial charge in [0.25, 0.3) is 5.89 Å². The van der Waals surface area contributed by atoms with E-state index in [0.29, 0.717) is 23.7 Å². The summed E-state index contributed by atoms with van der Waals surface area (Å²) in [4.78, 5) is 5.51. The van der Waals surface area contributed by atoms with E-state index in [1.165, 1.54) is 4.88 Å². The van der Waals surface area contributed by atoms with E-state index in [-0.39, 0.29) is 5.75 Å². The topological polar surface area (TPSA) is 59.2 Å². The predicted molar refractivity (Wildman–Crippen MR) is 73.3 cm³/mol. The largest absolute Gasteiger partial charge is 0.507 e. The van der Waals surface area contributed by atoms with Gasteiger partial charge in [0.2, 0.25) is 0 Å². The average Bonchev–Trinajstić information content (AvgIpc) is 3.05. The second kappa shape index (κ2) is 4.85. The third-order valence-electron chi connectivity index (χ3n) is 2.85. The summed E-state index contributed by atoms with van der Waals surface area (Å²) in [5, 5.41) is 16.0. The van der Waals surface area contributed by atoms with Crippen LogP contribution in [0.5, 0.6) is 5.75 Å². The monoisotopic (exact) mass is 272 g/mol. The van der Waals surface area contributed by atoms with Crippen molar-refractivity contribution in [1.29, 1.82) is 0 Å². The van der Waals surface area contributed by atoms with E-state index >= 15 is 0 Å². The van der Waals surface area contributed by atoms with Gasteiger partial charge in [-0.2, -0.15) is 4.98 Å². The van der Waals surface area contributed by atoms with E-state index in [1.54, 1.807) is 17.4 Å². The SMILES string of the molecule is Cc1cccc(-c2nc(Cc3cccs3)no2)c1O. The minimum Gasteiger partial charge on any atom is -0.507 e. The van der Waals surface area contributed by atoms with Gasteiger partial charge < -0.3 is 9.63 Å². The molecule has 0 unspecified atom stereocenters. The Bertz CT molecular complexity index is 689. The first-order chi connectivity index (χ1) is 9.24. The van der Waals surface area contributed by atoms with Crippen LogP contribution in [-0.4, -0.2) is 15.2 Å². The lowest BCUT2D eigenvalue weighted by Crippen LogP contribution is -1.88. The van der Waals surface area contributed by atoms with Crippen molar-refractivity contribution in [2.24, 2.45) is 0 Å². The molecule has 2 aromatic heterocycles. The van der Waals surface area contributed by atoms with Gasteiger partial charge in [-0.05, 0) is 30.0 Å². The number of hydrogen-bond acceptors (Lipinski definition) is 5. The number of aryl methyl sites for hydroxylation is 1. The molecule has 0 radical (unpaired) electrons. The summed E-state index contributed by atoms with van der Waals surface area (Å²) in [7, 11) is 0. The number of phenols is 1. The van der Waals surface area contributed by atoms with Gasteiger partial charge in [0.1, 0.15) is 5.75 Å². The van der Waals surface area contributed by atoms with Crippen LogP contribution in [0.15, 0.2) is 40.2 Å². The highest BCUT2D eigenvalue weighted by Gasteiger charge is 2.14. The van der Waals surface area contributed by atoms with Crippen molar-refractivity contribution >= 4 is 11.3 Å². The zero-order valence-electron chi connectivity index (χ0n) is 10.3. The maximum absolute atomic E-state index is 9.99. The molecule has 5 heteroatoms. The highest BCUT2D eigenvalue weighted by atomic mass is 32.1. The number of aromatic nitrogens is 2. The van der Waals surface area contributed by atoms with Crippen LogP contribution in [0, 0.1) is 6.92 Å². The minimum atomic E-state index is 0.189. The molecule has 0 aliphatic rings. The van der Waals surface area contributed by atoms with Gasteiger partial charge in [-0.25, -0.2) is 0 Å². The van der Waals surface area contributed by atoms with Crippen molar-refractivity contribution in [3.63, 3.8) is 0 Å². The molecule has 0 saturated carbocycles. The Morgan fingerprint density at radius 2 is 2.16 bits per heavy atom. The van der Waals surface area contributed by atoms with Crippen LogP contribution >= 0.6 is 11.3 Å². The molecule has 2 heterocycles. The van der Waals surface area contributed by atoms with Crippen LogP contribution in [0.25, 0.3) is 11.5 Å². The number of thiophene rings is 1. The highest BCUT2D eigenvalue weighted by molar-refractivity contribution is 7.09. The van der Waals surface area contributed by atoms with Crippen molar-refractivity contribution in [1.82, 2.24) is 10.1 Å². The summed E-state index contributed by atoms with van der Waals surface area (Å²) in [6.45, 7) is 1.84. The van der Waals surface area contributed by atoms with E-state index in [1.807, 2.05) is 36.6 Å². The summed E-state index contributed by atoms with van der Waals surface area (Å²) < 4.78 is 5.22. The number of para-hydroxylation sites is 1. The van der Waals surface area contributed by atoms with Gasteiger partial charge in [0, 0.05) is 11.3 Å². The fourth-order valence-electron chi connectivity index (χ4n) is 1.84. The smallest absolute Gasteiger partial charge is 0.261 e. The Labute approximate surface area is 114 Å². The van der Waals surface area contributed by atoms with Crippen molar-refractivity contribution in [2.45, 2.75) is 13.3 Å². The second-order valence-corrected chi connectivity index (χ2v) is 5.28. The fraction of sp³-hybridized carbons (Fsp3) is 0.143. The van der Waals surface area contributed by atoms with E-state index in [9.17, 15) is 5.11 Å². The molecule has 0 amide bonds. The lowest BCUT2D eigenvalue weighted by Gasteiger charge is -2.01. The zero-order chi connectivity index (χ0) is 13.2. The molecule has 0 aliphatic heterocycles. The Kier molecular flexibility index (Phi) is 3.05. The highest BCUT2D eigenvalue weighted by Crippen LogP contribution is 2.30. The predicted octanol–water partition coefficient (Wildman–Crippen LogP) is 3.40. The summed E-state index contributed by atoms with van der Waals surface area (Å²) in [6.07, 6.45) is 0.647. The number of rotatable bonds is 3. The summed E-state index contributed by atoms with van der Waals surface area (Å²) in [6, 6.07) is 9.48. The van der Waals surface area contributed by atoms with Crippen molar-refractivity contribution in [2.75, 3.05) is 0 Å². The number of aromatic hydroxyl groups is 1. The molecule has 4 nitrogen and oxygen atoms in total. The van der Waals surface area contributed by atoms with Crippen LogP contribution < -0.4 is 0 Å². The molecule has 0 atom stereocenters. The third-order valence-corrected chi connectivity index (χ3v) is 3.73. The molecule has 0 saturated heterocycles. The van der Waals surface area contributed by atoms with Crippen molar-refractivity contribution in [3.8, 4) is 17.2 Å².